The quantitative estimate of drug-likeness (QED) is 0.826. The van der Waals surface area contributed by atoms with E-state index in [1.54, 1.807) is 0 Å². The van der Waals surface area contributed by atoms with E-state index in [9.17, 15) is 0 Å². The van der Waals surface area contributed by atoms with Gasteiger partial charge in [0.1, 0.15) is 0 Å². The fourth-order valence-electron chi connectivity index (χ4n) is 2.92. The van der Waals surface area contributed by atoms with Crippen LogP contribution < -0.4 is 0 Å². The average molecular weight is 254 g/mol. The molecule has 19 heavy (non-hydrogen) atoms. The highest BCUT2D eigenvalue weighted by atomic mass is 15.3. The lowest BCUT2D eigenvalue weighted by atomic mass is 9.99. The van der Waals surface area contributed by atoms with Gasteiger partial charge in [-0.15, -0.1) is 0 Å². The van der Waals surface area contributed by atoms with Crippen LogP contribution in [0.3, 0.4) is 0 Å². The van der Waals surface area contributed by atoms with Crippen molar-refractivity contribution >= 4 is 10.9 Å². The molecule has 0 N–H and O–H groups in total. The number of hydrogen-bond donors (Lipinski definition) is 0. The lowest BCUT2D eigenvalue weighted by molar-refractivity contribution is 0.190. The number of nitriles is 1. The van der Waals surface area contributed by atoms with E-state index in [1.165, 1.54) is 10.9 Å². The smallest absolute Gasteiger partial charge is 0.0843 e. The first kappa shape index (κ1) is 12.2. The topological polar surface area (TPSA) is 44.9 Å². The van der Waals surface area contributed by atoms with Crippen molar-refractivity contribution in [2.24, 2.45) is 13.0 Å². The number of aromatic nitrogens is 2. The largest absolute Gasteiger partial charge is 0.296 e. The number of fused-ring (bicyclic) bond motifs is 1. The normalized spacial score (nSPS) is 20.5. The van der Waals surface area contributed by atoms with Gasteiger partial charge in [0.05, 0.1) is 23.2 Å². The molecule has 0 aliphatic carbocycles. The molecule has 1 aromatic carbocycles. The van der Waals surface area contributed by atoms with Crippen molar-refractivity contribution in [3.8, 4) is 6.07 Å². The van der Waals surface area contributed by atoms with Gasteiger partial charge in [-0.25, -0.2) is 0 Å². The summed E-state index contributed by atoms with van der Waals surface area (Å²) in [6.07, 6.45) is 2.15. The van der Waals surface area contributed by atoms with Crippen molar-refractivity contribution in [3.05, 3.63) is 30.0 Å². The molecule has 0 saturated carbocycles. The fourth-order valence-corrected chi connectivity index (χ4v) is 2.92. The number of benzene rings is 1. The first-order valence-corrected chi connectivity index (χ1v) is 6.80. The monoisotopic (exact) mass is 254 g/mol. The summed E-state index contributed by atoms with van der Waals surface area (Å²) < 4.78 is 1.94. The van der Waals surface area contributed by atoms with Crippen LogP contribution in [-0.4, -0.2) is 27.8 Å². The molecule has 0 spiro atoms. The molecule has 4 heteroatoms. The Morgan fingerprint density at radius 2 is 2.26 bits per heavy atom. The van der Waals surface area contributed by atoms with Gasteiger partial charge in [0, 0.05) is 25.5 Å². The highest BCUT2D eigenvalue weighted by Gasteiger charge is 2.21. The van der Waals surface area contributed by atoms with Crippen LogP contribution in [0.2, 0.25) is 0 Å². The zero-order valence-electron chi connectivity index (χ0n) is 11.2. The third-order valence-electron chi connectivity index (χ3n) is 3.90. The van der Waals surface area contributed by atoms with Crippen LogP contribution in [0.5, 0.6) is 0 Å². The molecule has 1 aliphatic heterocycles. The molecule has 98 valence electrons. The molecule has 1 unspecified atom stereocenters. The lowest BCUT2D eigenvalue weighted by Crippen LogP contribution is -2.34. The summed E-state index contributed by atoms with van der Waals surface area (Å²) in [4.78, 5) is 2.35. The maximum atomic E-state index is 9.05. The van der Waals surface area contributed by atoms with E-state index in [0.717, 1.165) is 38.2 Å². The Balaban J connectivity index is 1.84. The van der Waals surface area contributed by atoms with E-state index in [-0.39, 0.29) is 5.92 Å². The molecule has 2 aromatic rings. The van der Waals surface area contributed by atoms with Gasteiger partial charge in [0.25, 0.3) is 0 Å². The Morgan fingerprint density at radius 1 is 1.42 bits per heavy atom. The Labute approximate surface area is 113 Å². The summed E-state index contributed by atoms with van der Waals surface area (Å²) in [6, 6.07) is 10.7. The summed E-state index contributed by atoms with van der Waals surface area (Å²) in [5.41, 5.74) is 2.29. The van der Waals surface area contributed by atoms with Crippen molar-refractivity contribution in [2.75, 3.05) is 13.1 Å². The predicted molar refractivity (Wildman–Crippen MR) is 74.3 cm³/mol. The van der Waals surface area contributed by atoms with Crippen LogP contribution in [0.25, 0.3) is 10.9 Å². The second-order valence-corrected chi connectivity index (χ2v) is 5.29. The van der Waals surface area contributed by atoms with E-state index in [2.05, 4.69) is 34.3 Å². The average Bonchev–Trinajstić information content (AvgIpc) is 2.76. The number of hydrogen-bond acceptors (Lipinski definition) is 3. The van der Waals surface area contributed by atoms with E-state index in [4.69, 9.17) is 5.26 Å². The summed E-state index contributed by atoms with van der Waals surface area (Å²) in [5, 5.41) is 14.9. The predicted octanol–water partition coefficient (Wildman–Crippen LogP) is 2.31. The molecular formula is C15H18N4. The number of rotatable bonds is 2. The summed E-state index contributed by atoms with van der Waals surface area (Å²) >= 11 is 0. The first-order valence-electron chi connectivity index (χ1n) is 6.80. The lowest BCUT2D eigenvalue weighted by Gasteiger charge is -2.28. The van der Waals surface area contributed by atoms with Crippen molar-refractivity contribution in [1.82, 2.24) is 14.7 Å². The molecule has 3 rings (SSSR count). The van der Waals surface area contributed by atoms with Crippen LogP contribution >= 0.6 is 0 Å². The van der Waals surface area contributed by atoms with Gasteiger partial charge in [-0.05, 0) is 25.5 Å². The minimum absolute atomic E-state index is 0.184. The number of para-hydroxylation sites is 1. The van der Waals surface area contributed by atoms with E-state index in [0.29, 0.717) is 0 Å². The first-order chi connectivity index (χ1) is 9.28. The molecule has 1 aliphatic rings. The maximum Gasteiger partial charge on any atom is 0.0843 e. The summed E-state index contributed by atoms with van der Waals surface area (Å²) in [5.74, 6) is 0.184. The summed E-state index contributed by atoms with van der Waals surface area (Å²) in [7, 11) is 1.99. The van der Waals surface area contributed by atoms with Gasteiger partial charge < -0.3 is 0 Å². The molecule has 0 bridgehead atoms. The maximum absolute atomic E-state index is 9.05. The molecule has 0 radical (unpaired) electrons. The van der Waals surface area contributed by atoms with Crippen molar-refractivity contribution in [2.45, 2.75) is 19.4 Å². The molecule has 1 fully saturated rings. The molecule has 0 amide bonds. The zero-order valence-corrected chi connectivity index (χ0v) is 11.2. The van der Waals surface area contributed by atoms with Gasteiger partial charge in [0.2, 0.25) is 0 Å². The SMILES string of the molecule is Cn1nc(CN2CCCC(C#N)C2)c2ccccc21. The van der Waals surface area contributed by atoms with Crippen LogP contribution in [0, 0.1) is 17.2 Å². The van der Waals surface area contributed by atoms with Crippen LogP contribution in [0.4, 0.5) is 0 Å². The van der Waals surface area contributed by atoms with Crippen molar-refractivity contribution in [3.63, 3.8) is 0 Å². The zero-order chi connectivity index (χ0) is 13.2. The third-order valence-corrected chi connectivity index (χ3v) is 3.90. The van der Waals surface area contributed by atoms with Gasteiger partial charge in [-0.3, -0.25) is 9.58 Å². The Morgan fingerprint density at radius 3 is 3.11 bits per heavy atom. The van der Waals surface area contributed by atoms with Gasteiger partial charge >= 0.3 is 0 Å². The van der Waals surface area contributed by atoms with Crippen LogP contribution in [0.15, 0.2) is 24.3 Å². The Bertz CT molecular complexity index is 623. The van der Waals surface area contributed by atoms with Crippen LogP contribution in [-0.2, 0) is 13.6 Å². The molecule has 1 aromatic heterocycles. The second kappa shape index (κ2) is 5.02. The Kier molecular flexibility index (Phi) is 3.22. The van der Waals surface area contributed by atoms with Crippen molar-refractivity contribution < 1.29 is 0 Å². The number of likely N-dealkylation sites (tertiary alicyclic amines) is 1. The standard InChI is InChI=1S/C15H18N4/c1-18-15-7-3-2-6-13(15)14(17-18)11-19-8-4-5-12(9-16)10-19/h2-3,6-7,12H,4-5,8,10-11H2,1H3. The molecule has 1 atom stereocenters. The Hall–Kier alpha value is -1.86. The molecule has 4 nitrogen and oxygen atoms in total. The van der Waals surface area contributed by atoms with E-state index < -0.39 is 0 Å². The number of aryl methyl sites for hydroxylation is 1. The third kappa shape index (κ3) is 2.34. The second-order valence-electron chi connectivity index (χ2n) is 5.29. The summed E-state index contributed by atoms with van der Waals surface area (Å²) in [6.45, 7) is 2.80. The van der Waals surface area contributed by atoms with Crippen molar-refractivity contribution in [1.29, 1.82) is 5.26 Å². The number of piperidine rings is 1. The minimum Gasteiger partial charge on any atom is -0.296 e. The van der Waals surface area contributed by atoms with E-state index in [1.807, 2.05) is 17.8 Å². The highest BCUT2D eigenvalue weighted by molar-refractivity contribution is 5.81. The number of nitrogens with zero attached hydrogens (tertiary/aromatic N) is 4. The van der Waals surface area contributed by atoms with Gasteiger partial charge in [0.15, 0.2) is 0 Å². The molecule has 2 heterocycles. The van der Waals surface area contributed by atoms with Gasteiger partial charge in [-0.1, -0.05) is 18.2 Å². The molecular weight excluding hydrogens is 236 g/mol. The van der Waals surface area contributed by atoms with E-state index >= 15 is 0 Å². The highest BCUT2D eigenvalue weighted by Crippen LogP contribution is 2.22. The minimum atomic E-state index is 0.184. The fraction of sp³-hybridized carbons (Fsp3) is 0.467. The van der Waals surface area contributed by atoms with Gasteiger partial charge in [-0.2, -0.15) is 10.4 Å². The van der Waals surface area contributed by atoms with Crippen LogP contribution in [0.1, 0.15) is 18.5 Å². The molecule has 1 saturated heterocycles.